The van der Waals surface area contributed by atoms with E-state index in [1.165, 1.54) is 12.7 Å². The maximum Gasteiger partial charge on any atom is 0.307 e. The first-order valence-corrected chi connectivity index (χ1v) is 5.73. The van der Waals surface area contributed by atoms with Gasteiger partial charge in [0.1, 0.15) is 5.75 Å². The standard InChI is InChI=1S/C13H17NO3/c1-16-11-6-4-9-3-5-10(7-13(15)17-2)14-12(9)8-11/h4,6,8,10,14H,3,5,7H2,1-2H3. The van der Waals surface area contributed by atoms with E-state index in [2.05, 4.69) is 16.1 Å². The molecule has 17 heavy (non-hydrogen) atoms. The Morgan fingerprint density at radius 2 is 2.29 bits per heavy atom. The molecule has 1 N–H and O–H groups in total. The molecular weight excluding hydrogens is 218 g/mol. The summed E-state index contributed by atoms with van der Waals surface area (Å²) in [7, 11) is 3.07. The van der Waals surface area contributed by atoms with E-state index in [4.69, 9.17) is 4.74 Å². The Balaban J connectivity index is 2.08. The third-order valence-corrected chi connectivity index (χ3v) is 3.08. The molecule has 4 heteroatoms. The average Bonchev–Trinajstić information content (AvgIpc) is 2.37. The number of ether oxygens (including phenoxy) is 2. The molecule has 0 amide bonds. The summed E-state index contributed by atoms with van der Waals surface area (Å²) in [6, 6.07) is 6.15. The summed E-state index contributed by atoms with van der Waals surface area (Å²) in [5.41, 5.74) is 2.33. The Bertz CT molecular complexity index is 417. The van der Waals surface area contributed by atoms with Crippen LogP contribution in [0.25, 0.3) is 0 Å². The Morgan fingerprint density at radius 1 is 1.47 bits per heavy atom. The van der Waals surface area contributed by atoms with Crippen molar-refractivity contribution in [3.8, 4) is 5.75 Å². The van der Waals surface area contributed by atoms with Crippen molar-refractivity contribution in [2.45, 2.75) is 25.3 Å². The van der Waals surface area contributed by atoms with Gasteiger partial charge in [-0.2, -0.15) is 0 Å². The summed E-state index contributed by atoms with van der Waals surface area (Å²) in [6.45, 7) is 0. The molecule has 0 spiro atoms. The van der Waals surface area contributed by atoms with E-state index >= 15 is 0 Å². The van der Waals surface area contributed by atoms with Gasteiger partial charge in [-0.25, -0.2) is 0 Å². The molecule has 1 atom stereocenters. The highest BCUT2D eigenvalue weighted by atomic mass is 16.5. The second kappa shape index (κ2) is 5.08. The topological polar surface area (TPSA) is 47.6 Å². The normalized spacial score (nSPS) is 17.9. The van der Waals surface area contributed by atoms with E-state index in [0.29, 0.717) is 6.42 Å². The third kappa shape index (κ3) is 2.70. The predicted octanol–water partition coefficient (Wildman–Crippen LogP) is 1.98. The van der Waals surface area contributed by atoms with Crippen LogP contribution in [-0.4, -0.2) is 26.2 Å². The minimum Gasteiger partial charge on any atom is -0.497 e. The average molecular weight is 235 g/mol. The highest BCUT2D eigenvalue weighted by molar-refractivity contribution is 5.71. The molecule has 1 aromatic carbocycles. The molecule has 0 saturated heterocycles. The summed E-state index contributed by atoms with van der Waals surface area (Å²) in [4.78, 5) is 11.2. The number of methoxy groups -OCH3 is 2. The van der Waals surface area contributed by atoms with Gasteiger partial charge in [-0.1, -0.05) is 6.07 Å². The van der Waals surface area contributed by atoms with Crippen LogP contribution in [0.1, 0.15) is 18.4 Å². The molecule has 0 aliphatic carbocycles. The number of aryl methyl sites for hydroxylation is 1. The minimum absolute atomic E-state index is 0.155. The molecule has 1 aliphatic heterocycles. The lowest BCUT2D eigenvalue weighted by atomic mass is 9.96. The van der Waals surface area contributed by atoms with Crippen molar-refractivity contribution in [2.24, 2.45) is 0 Å². The van der Waals surface area contributed by atoms with Gasteiger partial charge in [-0.05, 0) is 24.5 Å². The van der Waals surface area contributed by atoms with Crippen LogP contribution in [0.5, 0.6) is 5.75 Å². The van der Waals surface area contributed by atoms with Crippen molar-refractivity contribution >= 4 is 11.7 Å². The molecule has 92 valence electrons. The van der Waals surface area contributed by atoms with Gasteiger partial charge in [0.25, 0.3) is 0 Å². The summed E-state index contributed by atoms with van der Waals surface area (Å²) >= 11 is 0. The summed E-state index contributed by atoms with van der Waals surface area (Å²) in [5, 5.41) is 3.36. The number of anilines is 1. The van der Waals surface area contributed by atoms with E-state index < -0.39 is 0 Å². The highest BCUT2D eigenvalue weighted by Crippen LogP contribution is 2.29. The van der Waals surface area contributed by atoms with Crippen LogP contribution in [-0.2, 0) is 16.0 Å². The molecule has 0 saturated carbocycles. The number of hydrogen-bond donors (Lipinski definition) is 1. The Kier molecular flexibility index (Phi) is 3.52. The molecule has 1 unspecified atom stereocenters. The van der Waals surface area contributed by atoms with Gasteiger partial charge < -0.3 is 14.8 Å². The quantitative estimate of drug-likeness (QED) is 0.814. The Labute approximate surface area is 101 Å². The van der Waals surface area contributed by atoms with Crippen molar-refractivity contribution < 1.29 is 14.3 Å². The van der Waals surface area contributed by atoms with Crippen molar-refractivity contribution in [1.82, 2.24) is 0 Å². The van der Waals surface area contributed by atoms with E-state index in [-0.39, 0.29) is 12.0 Å². The predicted molar refractivity (Wildman–Crippen MR) is 65.4 cm³/mol. The molecule has 4 nitrogen and oxygen atoms in total. The molecule has 0 aromatic heterocycles. The number of carbonyl (C=O) groups is 1. The van der Waals surface area contributed by atoms with Crippen LogP contribution >= 0.6 is 0 Å². The molecule has 1 heterocycles. The number of rotatable bonds is 3. The highest BCUT2D eigenvalue weighted by Gasteiger charge is 2.20. The first-order valence-electron chi connectivity index (χ1n) is 5.73. The van der Waals surface area contributed by atoms with Gasteiger partial charge in [0, 0.05) is 17.8 Å². The smallest absolute Gasteiger partial charge is 0.307 e. The summed E-state index contributed by atoms with van der Waals surface area (Å²) in [6.07, 6.45) is 2.34. The minimum atomic E-state index is -0.172. The molecule has 0 radical (unpaired) electrons. The zero-order chi connectivity index (χ0) is 12.3. The molecule has 1 aromatic rings. The fourth-order valence-corrected chi connectivity index (χ4v) is 2.09. The monoisotopic (exact) mass is 235 g/mol. The molecule has 0 fully saturated rings. The van der Waals surface area contributed by atoms with Gasteiger partial charge in [-0.3, -0.25) is 4.79 Å². The number of hydrogen-bond acceptors (Lipinski definition) is 4. The lowest BCUT2D eigenvalue weighted by molar-refractivity contribution is -0.140. The molecule has 2 rings (SSSR count). The fourth-order valence-electron chi connectivity index (χ4n) is 2.09. The number of carbonyl (C=O) groups excluding carboxylic acids is 1. The van der Waals surface area contributed by atoms with Crippen LogP contribution in [0.15, 0.2) is 18.2 Å². The molecule has 0 bridgehead atoms. The second-order valence-corrected chi connectivity index (χ2v) is 4.18. The number of nitrogens with one attached hydrogen (secondary N) is 1. The van der Waals surface area contributed by atoms with Gasteiger partial charge in [-0.15, -0.1) is 0 Å². The number of fused-ring (bicyclic) bond motifs is 1. The SMILES string of the molecule is COC(=O)CC1CCc2ccc(OC)cc2N1. The summed E-state index contributed by atoms with van der Waals surface area (Å²) < 4.78 is 9.87. The fraction of sp³-hybridized carbons (Fsp3) is 0.462. The van der Waals surface area contributed by atoms with Crippen molar-refractivity contribution in [3.05, 3.63) is 23.8 Å². The van der Waals surface area contributed by atoms with Gasteiger partial charge in [0.15, 0.2) is 0 Å². The largest absolute Gasteiger partial charge is 0.497 e. The first kappa shape index (κ1) is 11.8. The second-order valence-electron chi connectivity index (χ2n) is 4.18. The zero-order valence-electron chi connectivity index (χ0n) is 10.2. The van der Waals surface area contributed by atoms with Crippen LogP contribution in [0.4, 0.5) is 5.69 Å². The Morgan fingerprint density at radius 3 is 3.00 bits per heavy atom. The third-order valence-electron chi connectivity index (χ3n) is 3.08. The van der Waals surface area contributed by atoms with Gasteiger partial charge >= 0.3 is 5.97 Å². The lowest BCUT2D eigenvalue weighted by Gasteiger charge is -2.26. The van der Waals surface area contributed by atoms with E-state index in [1.54, 1.807) is 7.11 Å². The van der Waals surface area contributed by atoms with E-state index in [0.717, 1.165) is 24.3 Å². The van der Waals surface area contributed by atoms with Crippen molar-refractivity contribution in [1.29, 1.82) is 0 Å². The first-order chi connectivity index (χ1) is 8.22. The van der Waals surface area contributed by atoms with Crippen LogP contribution < -0.4 is 10.1 Å². The number of esters is 1. The molecular formula is C13H17NO3. The lowest BCUT2D eigenvalue weighted by Crippen LogP contribution is -2.28. The van der Waals surface area contributed by atoms with E-state index in [9.17, 15) is 4.79 Å². The van der Waals surface area contributed by atoms with Crippen molar-refractivity contribution in [2.75, 3.05) is 19.5 Å². The van der Waals surface area contributed by atoms with E-state index in [1.807, 2.05) is 12.1 Å². The van der Waals surface area contributed by atoms with Crippen molar-refractivity contribution in [3.63, 3.8) is 0 Å². The summed E-state index contributed by atoms with van der Waals surface area (Å²) in [5.74, 6) is 0.656. The molecule has 1 aliphatic rings. The maximum absolute atomic E-state index is 11.2. The van der Waals surface area contributed by atoms with Gasteiger partial charge in [0.05, 0.1) is 20.6 Å². The number of benzene rings is 1. The zero-order valence-corrected chi connectivity index (χ0v) is 10.2. The van der Waals surface area contributed by atoms with Gasteiger partial charge in [0.2, 0.25) is 0 Å². The Hall–Kier alpha value is -1.71. The van der Waals surface area contributed by atoms with Crippen LogP contribution in [0, 0.1) is 0 Å². The van der Waals surface area contributed by atoms with Crippen LogP contribution in [0.2, 0.25) is 0 Å². The maximum atomic E-state index is 11.2. The van der Waals surface area contributed by atoms with Crippen LogP contribution in [0.3, 0.4) is 0 Å².